The first-order valence-corrected chi connectivity index (χ1v) is 13.7. The first-order chi connectivity index (χ1) is 18.8. The fraction of sp³-hybridized carbons (Fsp3) is 0.567. The number of carbonyl (C=O) groups is 3. The van der Waals surface area contributed by atoms with E-state index in [0.717, 1.165) is 12.1 Å². The summed E-state index contributed by atoms with van der Waals surface area (Å²) in [7, 11) is 5.03. The number of aliphatic hydroxyl groups is 1. The zero-order valence-electron chi connectivity index (χ0n) is 24.2. The van der Waals surface area contributed by atoms with Crippen LogP contribution in [0.15, 0.2) is 34.8 Å². The van der Waals surface area contributed by atoms with Crippen LogP contribution in [-0.4, -0.2) is 79.6 Å². The molecular weight excluding hydrogens is 514 g/mol. The molecule has 0 heterocycles. The molecule has 0 aromatic heterocycles. The molecule has 10 heteroatoms. The Morgan fingerprint density at radius 1 is 1.18 bits per heavy atom. The number of allylic oxidation sites excluding steroid dienone is 2. The Morgan fingerprint density at radius 3 is 2.48 bits per heavy atom. The standard InChI is InChI=1S/C30H41N3O7/c1-30(2,3)14-32-13-16-8-7-15-11-17-12-18-21(26(36)22(29(31)38)27(37)23(18)33(4)5)28(40-10-9-39-6)20(17)25(35)19(15)24(16)34/h7-8,17-18,21,23,32,34,37H,9-14H2,1-6H3,(H2,31,38). The number of carbonyl (C=O) groups excluding carboxylic acids is 3. The molecule has 0 bridgehead atoms. The number of aromatic hydroxyl groups is 1. The van der Waals surface area contributed by atoms with Crippen LogP contribution in [0.2, 0.25) is 0 Å². The number of ether oxygens (including phenoxy) is 2. The third kappa shape index (κ3) is 5.40. The Labute approximate surface area is 235 Å². The molecule has 0 saturated heterocycles. The Bertz CT molecular complexity index is 1270. The van der Waals surface area contributed by atoms with Gasteiger partial charge in [0, 0.05) is 31.3 Å². The van der Waals surface area contributed by atoms with Gasteiger partial charge in [0.05, 0.1) is 24.1 Å². The minimum atomic E-state index is -1.03. The first-order valence-electron chi connectivity index (χ1n) is 13.7. The fourth-order valence-electron chi connectivity index (χ4n) is 6.38. The molecule has 0 spiro atoms. The van der Waals surface area contributed by atoms with Crippen molar-refractivity contribution in [2.45, 2.75) is 46.2 Å². The van der Waals surface area contributed by atoms with Gasteiger partial charge in [0.1, 0.15) is 29.4 Å². The lowest BCUT2D eigenvalue weighted by atomic mass is 9.61. The van der Waals surface area contributed by atoms with E-state index in [-0.39, 0.29) is 53.2 Å². The van der Waals surface area contributed by atoms with Crippen LogP contribution in [0.25, 0.3) is 0 Å². The van der Waals surface area contributed by atoms with E-state index < -0.39 is 35.1 Å². The highest BCUT2D eigenvalue weighted by atomic mass is 16.5. The van der Waals surface area contributed by atoms with Gasteiger partial charge in [0.15, 0.2) is 11.6 Å². The van der Waals surface area contributed by atoms with Gasteiger partial charge in [-0.1, -0.05) is 32.9 Å². The number of aliphatic hydroxyl groups excluding tert-OH is 1. The summed E-state index contributed by atoms with van der Waals surface area (Å²) in [5, 5.41) is 25.6. The highest BCUT2D eigenvalue weighted by molar-refractivity contribution is 6.22. The molecule has 4 atom stereocenters. The quantitative estimate of drug-likeness (QED) is 0.266. The zero-order chi connectivity index (χ0) is 29.5. The number of Topliss-reactive ketones (excluding diaryl/α,β-unsaturated/α-hetero) is 2. The number of nitrogens with zero attached hydrogens (tertiary/aromatic N) is 1. The van der Waals surface area contributed by atoms with Crippen LogP contribution in [0.1, 0.15) is 48.7 Å². The maximum absolute atomic E-state index is 14.2. The molecule has 0 fully saturated rings. The summed E-state index contributed by atoms with van der Waals surface area (Å²) >= 11 is 0. The molecule has 0 radical (unpaired) electrons. The number of fused-ring (bicyclic) bond motifs is 3. The second-order valence-electron chi connectivity index (χ2n) is 12.4. The van der Waals surface area contributed by atoms with Crippen LogP contribution < -0.4 is 11.1 Å². The molecule has 1 amide bonds. The lowest BCUT2D eigenvalue weighted by Crippen LogP contribution is -2.53. The summed E-state index contributed by atoms with van der Waals surface area (Å²) in [5.74, 6) is -4.08. The van der Waals surface area contributed by atoms with Crippen molar-refractivity contribution in [3.63, 3.8) is 0 Å². The van der Waals surface area contributed by atoms with Gasteiger partial charge in [-0.25, -0.2) is 0 Å². The maximum Gasteiger partial charge on any atom is 0.255 e. The predicted octanol–water partition coefficient (Wildman–Crippen LogP) is 2.25. The Hall–Kier alpha value is -3.21. The highest BCUT2D eigenvalue weighted by Crippen LogP contribution is 2.51. The number of methoxy groups -OCH3 is 1. The van der Waals surface area contributed by atoms with Gasteiger partial charge in [-0.05, 0) is 49.8 Å². The van der Waals surface area contributed by atoms with Crippen molar-refractivity contribution in [1.82, 2.24) is 10.2 Å². The van der Waals surface area contributed by atoms with Gasteiger partial charge in [-0.15, -0.1) is 0 Å². The van der Waals surface area contributed by atoms with Crippen LogP contribution in [0.4, 0.5) is 0 Å². The average Bonchev–Trinajstić information content (AvgIpc) is 2.83. The second kappa shape index (κ2) is 11.3. The Balaban J connectivity index is 1.83. The van der Waals surface area contributed by atoms with Crippen LogP contribution in [0, 0.1) is 23.2 Å². The topological polar surface area (TPSA) is 151 Å². The van der Waals surface area contributed by atoms with E-state index in [2.05, 4.69) is 26.1 Å². The third-order valence-corrected chi connectivity index (χ3v) is 8.02. The van der Waals surface area contributed by atoms with Gasteiger partial charge < -0.3 is 30.7 Å². The van der Waals surface area contributed by atoms with E-state index in [1.807, 2.05) is 12.1 Å². The molecule has 3 aliphatic rings. The number of nitrogens with one attached hydrogen (secondary N) is 1. The van der Waals surface area contributed by atoms with E-state index in [1.165, 1.54) is 7.11 Å². The molecule has 40 heavy (non-hydrogen) atoms. The largest absolute Gasteiger partial charge is 0.510 e. The number of hydrogen-bond acceptors (Lipinski definition) is 9. The maximum atomic E-state index is 14.2. The van der Waals surface area contributed by atoms with Crippen molar-refractivity contribution in [2.24, 2.45) is 28.9 Å². The minimum absolute atomic E-state index is 0.0500. The number of phenolic OH excluding ortho intramolecular Hbond substituents is 1. The monoisotopic (exact) mass is 555 g/mol. The smallest absolute Gasteiger partial charge is 0.255 e. The number of likely N-dealkylation sites (N-methyl/N-ethyl adjacent to an activating group) is 1. The van der Waals surface area contributed by atoms with Gasteiger partial charge >= 0.3 is 0 Å². The lowest BCUT2D eigenvalue weighted by molar-refractivity contribution is -0.128. The molecule has 10 nitrogen and oxygen atoms in total. The van der Waals surface area contributed by atoms with Crippen molar-refractivity contribution in [3.8, 4) is 5.75 Å². The number of amides is 1. The van der Waals surface area contributed by atoms with E-state index in [4.69, 9.17) is 15.2 Å². The normalized spacial score (nSPS) is 24.7. The number of nitrogens with two attached hydrogens (primary N) is 1. The van der Waals surface area contributed by atoms with Crippen LogP contribution in [0.5, 0.6) is 5.75 Å². The number of ketones is 2. The van der Waals surface area contributed by atoms with Gasteiger partial charge in [0.25, 0.3) is 5.91 Å². The summed E-state index contributed by atoms with van der Waals surface area (Å²) in [6, 6.07) is 3.05. The molecular formula is C30H41N3O7. The molecule has 4 unspecified atom stereocenters. The van der Waals surface area contributed by atoms with Crippen molar-refractivity contribution in [1.29, 1.82) is 0 Å². The van der Waals surface area contributed by atoms with Gasteiger partial charge in [0.2, 0.25) is 0 Å². The summed E-state index contributed by atoms with van der Waals surface area (Å²) in [6.45, 7) is 7.73. The average molecular weight is 556 g/mol. The lowest BCUT2D eigenvalue weighted by Gasteiger charge is -2.47. The number of hydrogen-bond donors (Lipinski definition) is 4. The molecule has 4 rings (SSSR count). The molecule has 218 valence electrons. The number of phenols is 1. The van der Waals surface area contributed by atoms with Crippen molar-refractivity contribution in [2.75, 3.05) is 41.0 Å². The Kier molecular flexibility index (Phi) is 8.44. The molecule has 1 aromatic rings. The van der Waals surface area contributed by atoms with E-state index >= 15 is 0 Å². The van der Waals surface area contributed by atoms with Crippen LogP contribution in [-0.2, 0) is 32.0 Å². The first kappa shape index (κ1) is 29.8. The van der Waals surface area contributed by atoms with Crippen LogP contribution >= 0.6 is 0 Å². The summed E-state index contributed by atoms with van der Waals surface area (Å²) < 4.78 is 11.3. The number of benzene rings is 1. The molecule has 3 aliphatic carbocycles. The van der Waals surface area contributed by atoms with Crippen molar-refractivity contribution >= 4 is 17.5 Å². The van der Waals surface area contributed by atoms with Gasteiger partial charge in [-0.2, -0.15) is 0 Å². The van der Waals surface area contributed by atoms with E-state index in [9.17, 15) is 24.6 Å². The summed E-state index contributed by atoms with van der Waals surface area (Å²) in [4.78, 5) is 41.9. The highest BCUT2D eigenvalue weighted by Gasteiger charge is 2.55. The summed E-state index contributed by atoms with van der Waals surface area (Å²) in [6.07, 6.45) is 0.865. The van der Waals surface area contributed by atoms with E-state index in [1.54, 1.807) is 19.0 Å². The molecule has 5 N–H and O–H groups in total. The fourth-order valence-corrected chi connectivity index (χ4v) is 6.38. The van der Waals surface area contributed by atoms with Crippen molar-refractivity contribution < 1.29 is 34.1 Å². The second-order valence-corrected chi connectivity index (χ2v) is 12.4. The number of primary amides is 1. The van der Waals surface area contributed by atoms with Crippen LogP contribution in [0.3, 0.4) is 0 Å². The zero-order valence-corrected chi connectivity index (χ0v) is 24.2. The Morgan fingerprint density at radius 2 is 1.88 bits per heavy atom. The molecule has 0 aliphatic heterocycles. The molecule has 0 saturated carbocycles. The predicted molar refractivity (Wildman–Crippen MR) is 149 cm³/mol. The van der Waals surface area contributed by atoms with Crippen molar-refractivity contribution in [3.05, 3.63) is 51.5 Å². The van der Waals surface area contributed by atoms with Gasteiger partial charge in [-0.3, -0.25) is 19.3 Å². The molecule has 1 aromatic carbocycles. The SMILES string of the molecule is COCCOC1=C2C(=O)c3c(ccc(CNCC(C)(C)C)c3O)CC2CC2C1C(=O)C(C(N)=O)=C(O)C2N(C)C. The summed E-state index contributed by atoms with van der Waals surface area (Å²) in [5.41, 5.74) is 7.01. The third-order valence-electron chi connectivity index (χ3n) is 8.02. The minimum Gasteiger partial charge on any atom is -0.510 e. The van der Waals surface area contributed by atoms with E-state index in [0.29, 0.717) is 30.5 Å². The number of rotatable bonds is 9.